The molecule has 2 aromatic rings. The van der Waals surface area contributed by atoms with Crippen molar-refractivity contribution >= 4 is 11.7 Å². The minimum absolute atomic E-state index is 0.0585. The number of aromatic nitrogens is 3. The van der Waals surface area contributed by atoms with Gasteiger partial charge < -0.3 is 15.2 Å². The smallest absolute Gasteiger partial charge is 0.338 e. The highest BCUT2D eigenvalue weighted by atomic mass is 16.5. The Balaban J connectivity index is 2.05. The first-order valence-electron chi connectivity index (χ1n) is 6.52. The van der Waals surface area contributed by atoms with Crippen molar-refractivity contribution in [3.8, 4) is 5.75 Å². The number of rotatable bonds is 5. The average molecular weight is 290 g/mol. The Hall–Kier alpha value is -2.57. The van der Waals surface area contributed by atoms with Crippen molar-refractivity contribution in [2.75, 3.05) is 12.8 Å². The first kappa shape index (κ1) is 14.8. The van der Waals surface area contributed by atoms with Gasteiger partial charge in [-0.05, 0) is 32.0 Å². The van der Waals surface area contributed by atoms with Gasteiger partial charge in [-0.3, -0.25) is 0 Å². The molecule has 0 saturated heterocycles. The third-order valence-electron chi connectivity index (χ3n) is 2.93. The van der Waals surface area contributed by atoms with E-state index in [0.717, 1.165) is 0 Å². The summed E-state index contributed by atoms with van der Waals surface area (Å²) >= 11 is 0. The zero-order chi connectivity index (χ0) is 15.4. The Kier molecular flexibility index (Phi) is 4.42. The van der Waals surface area contributed by atoms with E-state index >= 15 is 0 Å². The Labute approximate surface area is 122 Å². The summed E-state index contributed by atoms with van der Waals surface area (Å²) in [6, 6.07) is 4.90. The number of anilines is 1. The number of nitrogens with zero attached hydrogens (tertiary/aromatic N) is 3. The van der Waals surface area contributed by atoms with Crippen LogP contribution in [0, 0.1) is 0 Å². The van der Waals surface area contributed by atoms with Crippen LogP contribution in [0.25, 0.3) is 0 Å². The number of benzene rings is 1. The van der Waals surface area contributed by atoms with Gasteiger partial charge >= 0.3 is 5.97 Å². The maximum Gasteiger partial charge on any atom is 0.338 e. The van der Waals surface area contributed by atoms with Gasteiger partial charge in [-0.15, -0.1) is 0 Å². The molecule has 0 aliphatic carbocycles. The van der Waals surface area contributed by atoms with Crippen LogP contribution < -0.4 is 10.5 Å². The third kappa shape index (κ3) is 3.31. The molecule has 0 saturated carbocycles. The maximum atomic E-state index is 12.0. The van der Waals surface area contributed by atoms with Gasteiger partial charge in [0.15, 0.2) is 12.4 Å². The highest BCUT2D eigenvalue weighted by molar-refractivity contribution is 5.91. The Morgan fingerprint density at radius 3 is 2.81 bits per heavy atom. The maximum absolute atomic E-state index is 12.0. The Morgan fingerprint density at radius 2 is 2.19 bits per heavy atom. The van der Waals surface area contributed by atoms with E-state index < -0.39 is 5.97 Å². The van der Waals surface area contributed by atoms with Crippen LogP contribution in [-0.2, 0) is 11.3 Å². The highest BCUT2D eigenvalue weighted by Crippen LogP contribution is 2.22. The number of ether oxygens (including phenoxy) is 2. The summed E-state index contributed by atoms with van der Waals surface area (Å²) in [6.45, 7) is 4.01. The quantitative estimate of drug-likeness (QED) is 0.667. The molecule has 0 atom stereocenters. The van der Waals surface area contributed by atoms with Crippen LogP contribution in [0.3, 0.4) is 0 Å². The van der Waals surface area contributed by atoms with Gasteiger partial charge in [0.05, 0.1) is 18.4 Å². The first-order valence-corrected chi connectivity index (χ1v) is 6.52. The fourth-order valence-corrected chi connectivity index (χ4v) is 1.88. The second-order valence-corrected chi connectivity index (χ2v) is 4.75. The molecule has 7 heteroatoms. The second kappa shape index (κ2) is 6.25. The van der Waals surface area contributed by atoms with Crippen molar-refractivity contribution in [1.29, 1.82) is 0 Å². The molecule has 0 bridgehead atoms. The molecule has 0 amide bonds. The summed E-state index contributed by atoms with van der Waals surface area (Å²) < 4.78 is 12.0. The molecule has 0 radical (unpaired) electrons. The number of carbonyl (C=O) groups is 1. The summed E-state index contributed by atoms with van der Waals surface area (Å²) in [5, 5.41) is 4.08. The molecule has 0 aliphatic rings. The molecule has 2 rings (SSSR count). The molecule has 21 heavy (non-hydrogen) atoms. The van der Waals surface area contributed by atoms with Crippen molar-refractivity contribution in [3.05, 3.63) is 35.9 Å². The lowest BCUT2D eigenvalue weighted by Crippen LogP contribution is -2.12. The minimum atomic E-state index is -0.470. The number of esters is 1. The van der Waals surface area contributed by atoms with Gasteiger partial charge in [-0.25, -0.2) is 14.5 Å². The van der Waals surface area contributed by atoms with Crippen molar-refractivity contribution in [2.24, 2.45) is 0 Å². The van der Waals surface area contributed by atoms with Crippen LogP contribution in [0.15, 0.2) is 24.5 Å². The monoisotopic (exact) mass is 290 g/mol. The molecular weight excluding hydrogens is 272 g/mol. The van der Waals surface area contributed by atoms with Gasteiger partial charge in [0.1, 0.15) is 12.1 Å². The number of carbonyl (C=O) groups excluding carboxylic acids is 1. The predicted molar refractivity (Wildman–Crippen MR) is 76.9 cm³/mol. The van der Waals surface area contributed by atoms with Gasteiger partial charge in [0.25, 0.3) is 0 Å². The number of nitrogens with two attached hydrogens (primary N) is 1. The molecule has 1 heterocycles. The van der Waals surface area contributed by atoms with Crippen molar-refractivity contribution in [3.63, 3.8) is 0 Å². The van der Waals surface area contributed by atoms with Crippen LogP contribution in [0.2, 0.25) is 0 Å². The van der Waals surface area contributed by atoms with Crippen molar-refractivity contribution in [2.45, 2.75) is 26.5 Å². The van der Waals surface area contributed by atoms with E-state index in [9.17, 15) is 4.79 Å². The zero-order valence-electron chi connectivity index (χ0n) is 12.2. The lowest BCUT2D eigenvalue weighted by atomic mass is 10.2. The highest BCUT2D eigenvalue weighted by Gasteiger charge is 2.13. The molecule has 2 N–H and O–H groups in total. The van der Waals surface area contributed by atoms with Gasteiger partial charge in [0.2, 0.25) is 0 Å². The van der Waals surface area contributed by atoms with E-state index in [4.69, 9.17) is 15.2 Å². The molecule has 112 valence electrons. The molecule has 0 aliphatic heterocycles. The normalized spacial score (nSPS) is 10.7. The van der Waals surface area contributed by atoms with Crippen LogP contribution >= 0.6 is 0 Å². The Morgan fingerprint density at radius 1 is 1.43 bits per heavy atom. The van der Waals surface area contributed by atoms with E-state index in [2.05, 4.69) is 10.1 Å². The SMILES string of the molecule is COc1ccc(C(=O)OCc2ncnn2C(C)C)cc1N. The molecule has 0 unspecified atom stereocenters. The summed E-state index contributed by atoms with van der Waals surface area (Å²) in [5.41, 5.74) is 6.52. The average Bonchev–Trinajstić information content (AvgIpc) is 2.93. The first-order chi connectivity index (χ1) is 10.0. The lowest BCUT2D eigenvalue weighted by Gasteiger charge is -2.10. The van der Waals surface area contributed by atoms with Gasteiger partial charge in [-0.2, -0.15) is 5.10 Å². The number of hydrogen-bond donors (Lipinski definition) is 1. The summed E-state index contributed by atoms with van der Waals surface area (Å²) in [4.78, 5) is 16.1. The molecular formula is C14H18N4O3. The minimum Gasteiger partial charge on any atom is -0.495 e. The molecule has 1 aromatic heterocycles. The van der Waals surface area contributed by atoms with E-state index in [0.29, 0.717) is 22.8 Å². The van der Waals surface area contributed by atoms with E-state index in [1.807, 2.05) is 13.8 Å². The number of nitrogen functional groups attached to an aromatic ring is 1. The summed E-state index contributed by atoms with van der Waals surface area (Å²) in [7, 11) is 1.52. The summed E-state index contributed by atoms with van der Waals surface area (Å²) in [5.74, 6) is 0.647. The van der Waals surface area contributed by atoms with Crippen molar-refractivity contribution < 1.29 is 14.3 Å². The molecule has 7 nitrogen and oxygen atoms in total. The topological polar surface area (TPSA) is 92.3 Å². The standard InChI is InChI=1S/C14H18N4O3/c1-9(2)18-13(16-8-17-18)7-21-14(19)10-4-5-12(20-3)11(15)6-10/h4-6,8-9H,7,15H2,1-3H3. The number of methoxy groups -OCH3 is 1. The lowest BCUT2D eigenvalue weighted by molar-refractivity contribution is 0.0455. The van der Waals surface area contributed by atoms with Crippen molar-refractivity contribution in [1.82, 2.24) is 14.8 Å². The predicted octanol–water partition coefficient (Wildman–Crippen LogP) is 1.81. The van der Waals surface area contributed by atoms with Crippen LogP contribution in [0.5, 0.6) is 5.75 Å². The van der Waals surface area contributed by atoms with Crippen LogP contribution in [0.4, 0.5) is 5.69 Å². The molecule has 0 spiro atoms. The largest absolute Gasteiger partial charge is 0.495 e. The molecule has 1 aromatic carbocycles. The van der Waals surface area contributed by atoms with Gasteiger partial charge in [0, 0.05) is 6.04 Å². The van der Waals surface area contributed by atoms with E-state index in [1.54, 1.807) is 16.8 Å². The third-order valence-corrected chi connectivity index (χ3v) is 2.93. The van der Waals surface area contributed by atoms with Crippen LogP contribution in [-0.4, -0.2) is 27.8 Å². The van der Waals surface area contributed by atoms with Gasteiger partial charge in [-0.1, -0.05) is 0 Å². The fraction of sp³-hybridized carbons (Fsp3) is 0.357. The number of hydrogen-bond acceptors (Lipinski definition) is 6. The summed E-state index contributed by atoms with van der Waals surface area (Å²) in [6.07, 6.45) is 1.44. The van der Waals surface area contributed by atoms with E-state index in [-0.39, 0.29) is 12.6 Å². The Bertz CT molecular complexity index is 637. The van der Waals surface area contributed by atoms with E-state index in [1.165, 1.54) is 19.5 Å². The molecule has 0 fully saturated rings. The van der Waals surface area contributed by atoms with Crippen LogP contribution in [0.1, 0.15) is 36.1 Å². The second-order valence-electron chi connectivity index (χ2n) is 4.75. The zero-order valence-corrected chi connectivity index (χ0v) is 12.2. The fourth-order valence-electron chi connectivity index (χ4n) is 1.88.